The van der Waals surface area contributed by atoms with Crippen molar-refractivity contribution in [3.63, 3.8) is 0 Å². The second kappa shape index (κ2) is 8.17. The Morgan fingerprint density at radius 1 is 1.24 bits per heavy atom. The fraction of sp³-hybridized carbons (Fsp3) is 0.250. The summed E-state index contributed by atoms with van der Waals surface area (Å²) in [5, 5.41) is 6.59. The molecule has 4 rings (SSSR count). The molecule has 0 aliphatic carbocycles. The molecule has 3 aromatic rings. The molecule has 3 heterocycles. The first-order valence-electron chi connectivity index (χ1n) is 9.15. The lowest BCUT2D eigenvalue weighted by Gasteiger charge is -2.22. The lowest BCUT2D eigenvalue weighted by molar-refractivity contribution is -0.130. The van der Waals surface area contributed by atoms with Crippen molar-refractivity contribution in [2.45, 2.75) is 32.0 Å². The van der Waals surface area contributed by atoms with Crippen LogP contribution < -0.4 is 5.32 Å². The average molecular weight is 395 g/mol. The molecule has 0 spiro atoms. The van der Waals surface area contributed by atoms with Gasteiger partial charge in [-0.25, -0.2) is 4.39 Å². The number of halogens is 1. The van der Waals surface area contributed by atoms with E-state index in [1.54, 1.807) is 35.2 Å². The van der Waals surface area contributed by atoms with Crippen molar-refractivity contribution in [1.29, 1.82) is 0 Å². The zero-order valence-corrected chi connectivity index (χ0v) is 15.4. The largest absolute Gasteiger partial charge is 0.345 e. The van der Waals surface area contributed by atoms with Crippen molar-refractivity contribution in [1.82, 2.24) is 25.3 Å². The van der Waals surface area contributed by atoms with Crippen LogP contribution in [-0.4, -0.2) is 31.8 Å². The number of rotatable bonds is 6. The van der Waals surface area contributed by atoms with E-state index >= 15 is 0 Å². The smallest absolute Gasteiger partial charge is 0.251 e. The molecule has 1 aliphatic heterocycles. The summed E-state index contributed by atoms with van der Waals surface area (Å²) in [5.41, 5.74) is 0.901. The molecule has 2 amide bonds. The summed E-state index contributed by atoms with van der Waals surface area (Å²) >= 11 is 0. The van der Waals surface area contributed by atoms with E-state index in [0.29, 0.717) is 29.8 Å². The molecule has 0 bridgehead atoms. The van der Waals surface area contributed by atoms with E-state index in [0.717, 1.165) is 0 Å². The van der Waals surface area contributed by atoms with Crippen molar-refractivity contribution < 1.29 is 18.5 Å². The molecular weight excluding hydrogens is 377 g/mol. The van der Waals surface area contributed by atoms with E-state index in [2.05, 4.69) is 20.4 Å². The number of hydrogen-bond acceptors (Lipinski definition) is 6. The number of likely N-dealkylation sites (tertiary alicyclic amines) is 1. The van der Waals surface area contributed by atoms with E-state index in [4.69, 9.17) is 4.52 Å². The van der Waals surface area contributed by atoms with Crippen LogP contribution in [0.4, 0.5) is 4.39 Å². The maximum absolute atomic E-state index is 14.0. The molecule has 1 aromatic carbocycles. The predicted molar refractivity (Wildman–Crippen MR) is 98.6 cm³/mol. The van der Waals surface area contributed by atoms with Gasteiger partial charge in [0.1, 0.15) is 11.9 Å². The third-order valence-corrected chi connectivity index (χ3v) is 4.75. The Morgan fingerprint density at radius 2 is 2.03 bits per heavy atom. The van der Waals surface area contributed by atoms with Crippen LogP contribution in [0.2, 0.25) is 0 Å². The number of carbonyl (C=O) groups is 2. The molecule has 29 heavy (non-hydrogen) atoms. The van der Waals surface area contributed by atoms with Gasteiger partial charge in [0.05, 0.1) is 6.54 Å². The summed E-state index contributed by atoms with van der Waals surface area (Å²) in [5.74, 6) is -0.163. The number of nitrogens with zero attached hydrogens (tertiary/aromatic N) is 4. The van der Waals surface area contributed by atoms with Gasteiger partial charge in [-0.1, -0.05) is 23.4 Å². The number of amides is 2. The first-order chi connectivity index (χ1) is 14.1. The van der Waals surface area contributed by atoms with Gasteiger partial charge in [0, 0.05) is 36.5 Å². The minimum atomic E-state index is -0.417. The molecule has 1 fully saturated rings. The van der Waals surface area contributed by atoms with Crippen LogP contribution in [0.5, 0.6) is 0 Å². The lowest BCUT2D eigenvalue weighted by atomic mass is 10.1. The molecule has 1 saturated heterocycles. The standard InChI is InChI=1S/C20H18FN5O3/c21-15-4-2-1-3-14(15)12-26-16(5-6-18(26)27)20-24-17(25-29-20)11-23-19(28)13-7-9-22-10-8-13/h1-4,7-10,16H,5-6,11-12H2,(H,23,28)/t16-/m0/s1. The minimum absolute atomic E-state index is 0.0820. The van der Waals surface area contributed by atoms with Crippen LogP contribution in [-0.2, 0) is 17.9 Å². The predicted octanol–water partition coefficient (Wildman–Crippen LogP) is 2.40. The summed E-state index contributed by atoms with van der Waals surface area (Å²) < 4.78 is 19.3. The molecule has 2 aromatic heterocycles. The summed E-state index contributed by atoms with van der Waals surface area (Å²) in [6.45, 7) is 0.214. The lowest BCUT2D eigenvalue weighted by Crippen LogP contribution is -2.28. The van der Waals surface area contributed by atoms with Crippen LogP contribution in [0.1, 0.15) is 46.5 Å². The van der Waals surface area contributed by atoms with Gasteiger partial charge >= 0.3 is 0 Å². The minimum Gasteiger partial charge on any atom is -0.345 e. The topological polar surface area (TPSA) is 101 Å². The molecule has 9 heteroatoms. The van der Waals surface area contributed by atoms with Crippen LogP contribution in [0, 0.1) is 5.82 Å². The van der Waals surface area contributed by atoms with Crippen LogP contribution >= 0.6 is 0 Å². The Bertz CT molecular complexity index is 1020. The van der Waals surface area contributed by atoms with Gasteiger partial charge in [0.2, 0.25) is 11.8 Å². The molecule has 1 N–H and O–H groups in total. The van der Waals surface area contributed by atoms with Gasteiger partial charge in [0.15, 0.2) is 5.82 Å². The zero-order chi connectivity index (χ0) is 20.2. The van der Waals surface area contributed by atoms with Crippen LogP contribution in [0.3, 0.4) is 0 Å². The Morgan fingerprint density at radius 3 is 2.83 bits per heavy atom. The second-order valence-corrected chi connectivity index (χ2v) is 6.63. The van der Waals surface area contributed by atoms with E-state index in [1.165, 1.54) is 18.5 Å². The highest BCUT2D eigenvalue weighted by molar-refractivity contribution is 5.93. The summed E-state index contributed by atoms with van der Waals surface area (Å²) in [4.78, 5) is 34.1. The zero-order valence-electron chi connectivity index (χ0n) is 15.4. The fourth-order valence-corrected chi connectivity index (χ4v) is 3.24. The van der Waals surface area contributed by atoms with Gasteiger partial charge in [-0.05, 0) is 24.6 Å². The van der Waals surface area contributed by atoms with Crippen molar-refractivity contribution in [3.05, 3.63) is 77.5 Å². The van der Waals surface area contributed by atoms with Crippen molar-refractivity contribution >= 4 is 11.8 Å². The maximum atomic E-state index is 14.0. The Kier molecular flexibility index (Phi) is 5.28. The highest BCUT2D eigenvalue weighted by Crippen LogP contribution is 2.33. The average Bonchev–Trinajstić information content (AvgIpc) is 3.35. The van der Waals surface area contributed by atoms with Gasteiger partial charge in [0.25, 0.3) is 5.91 Å². The first kappa shape index (κ1) is 18.7. The van der Waals surface area contributed by atoms with Gasteiger partial charge in [-0.15, -0.1) is 0 Å². The fourth-order valence-electron chi connectivity index (χ4n) is 3.24. The second-order valence-electron chi connectivity index (χ2n) is 6.63. The summed E-state index contributed by atoms with van der Waals surface area (Å²) in [7, 11) is 0. The molecule has 0 saturated carbocycles. The van der Waals surface area contributed by atoms with Gasteiger partial charge in [-0.2, -0.15) is 4.98 Å². The third kappa shape index (κ3) is 4.13. The Hall–Kier alpha value is -3.62. The monoisotopic (exact) mass is 395 g/mol. The van der Waals surface area contributed by atoms with Gasteiger partial charge < -0.3 is 14.7 Å². The summed E-state index contributed by atoms with van der Waals surface area (Å²) in [6.07, 6.45) is 3.90. The Labute approximate surface area is 165 Å². The molecule has 1 aliphatic rings. The Balaban J connectivity index is 1.43. The molecule has 0 radical (unpaired) electrons. The molecule has 8 nitrogen and oxygen atoms in total. The van der Waals surface area contributed by atoms with Crippen molar-refractivity contribution in [3.8, 4) is 0 Å². The van der Waals surface area contributed by atoms with Gasteiger partial charge in [-0.3, -0.25) is 14.6 Å². The van der Waals surface area contributed by atoms with E-state index in [9.17, 15) is 14.0 Å². The van der Waals surface area contributed by atoms with Crippen molar-refractivity contribution in [2.24, 2.45) is 0 Å². The maximum Gasteiger partial charge on any atom is 0.251 e. The molecular formula is C20H18FN5O3. The van der Waals surface area contributed by atoms with Crippen molar-refractivity contribution in [2.75, 3.05) is 0 Å². The highest BCUT2D eigenvalue weighted by atomic mass is 19.1. The number of benzene rings is 1. The molecule has 0 unspecified atom stereocenters. The third-order valence-electron chi connectivity index (χ3n) is 4.75. The summed E-state index contributed by atoms with van der Waals surface area (Å²) in [6, 6.07) is 9.12. The highest BCUT2D eigenvalue weighted by Gasteiger charge is 2.36. The number of carbonyl (C=O) groups excluding carboxylic acids is 2. The quantitative estimate of drug-likeness (QED) is 0.688. The number of pyridine rings is 1. The van der Waals surface area contributed by atoms with E-state index in [-0.39, 0.29) is 36.6 Å². The number of aromatic nitrogens is 3. The molecule has 1 atom stereocenters. The normalized spacial score (nSPS) is 16.2. The first-order valence-corrected chi connectivity index (χ1v) is 9.15. The molecule has 148 valence electrons. The van der Waals surface area contributed by atoms with E-state index < -0.39 is 6.04 Å². The van der Waals surface area contributed by atoms with Crippen LogP contribution in [0.15, 0.2) is 53.3 Å². The number of hydrogen-bond donors (Lipinski definition) is 1. The SMILES string of the molecule is O=C(NCc1noc([C@@H]2CCC(=O)N2Cc2ccccc2F)n1)c1ccncc1. The van der Waals surface area contributed by atoms with Crippen LogP contribution in [0.25, 0.3) is 0 Å². The van der Waals surface area contributed by atoms with E-state index in [1.807, 2.05) is 0 Å². The number of nitrogens with one attached hydrogen (secondary N) is 1.